The standard InChI is InChI=1S/C36H50FNO2/c1-7-14-35(23-9-10-24(30(39)40)26(37)22-23)19-21-36(38)20-18-33(5)25(29(35)36)11-12-28-32(4)16-8-15-31(2,3)27(32)13-17-34(28,33)6/h7-10,14-15,22,25,27-29H,11-13,16-21,38H2,1-6H3,(H,39,40)/t25-,27-,28-,29-,32+,33-,34-,35-,36+/m1/s1. The molecule has 0 bridgehead atoms. The van der Waals surface area contributed by atoms with Gasteiger partial charge in [-0.3, -0.25) is 0 Å². The first-order chi connectivity index (χ1) is 18.7. The molecule has 40 heavy (non-hydrogen) atoms. The molecule has 1 aromatic rings. The van der Waals surface area contributed by atoms with Crippen LogP contribution in [0.2, 0.25) is 0 Å². The third-order valence-electron chi connectivity index (χ3n) is 14.1. The Morgan fingerprint density at radius 1 is 0.975 bits per heavy atom. The number of allylic oxidation sites excluding steroid dienone is 4. The van der Waals surface area contributed by atoms with Crippen molar-refractivity contribution in [1.29, 1.82) is 0 Å². The quantitative estimate of drug-likeness (QED) is 0.372. The van der Waals surface area contributed by atoms with Gasteiger partial charge in [0.15, 0.2) is 0 Å². The molecule has 0 aromatic heterocycles. The topological polar surface area (TPSA) is 63.3 Å². The van der Waals surface area contributed by atoms with Crippen molar-refractivity contribution in [2.45, 2.75) is 110 Å². The summed E-state index contributed by atoms with van der Waals surface area (Å²) in [4.78, 5) is 11.6. The van der Waals surface area contributed by atoms with E-state index in [4.69, 9.17) is 5.73 Å². The Balaban J connectivity index is 1.46. The number of rotatable bonds is 3. The molecule has 1 aromatic carbocycles. The van der Waals surface area contributed by atoms with E-state index in [0.29, 0.717) is 23.2 Å². The van der Waals surface area contributed by atoms with E-state index in [1.807, 2.05) is 6.07 Å². The number of hydrogen-bond acceptors (Lipinski definition) is 2. The van der Waals surface area contributed by atoms with E-state index in [2.05, 4.69) is 65.8 Å². The average Bonchev–Trinajstić information content (AvgIpc) is 3.17. The van der Waals surface area contributed by atoms with Crippen LogP contribution < -0.4 is 5.73 Å². The molecule has 6 rings (SSSR count). The Kier molecular flexibility index (Phi) is 6.19. The number of carboxylic acids is 1. The molecule has 3 nitrogen and oxygen atoms in total. The number of carbonyl (C=O) groups is 1. The Hall–Kier alpha value is -1.94. The molecule has 3 N–H and O–H groups in total. The zero-order valence-corrected chi connectivity index (χ0v) is 25.5. The molecule has 0 heterocycles. The van der Waals surface area contributed by atoms with Gasteiger partial charge in [-0.25, -0.2) is 9.18 Å². The normalized spacial score (nSPS) is 47.3. The molecule has 4 saturated carbocycles. The van der Waals surface area contributed by atoms with Gasteiger partial charge in [0, 0.05) is 11.0 Å². The fourth-order valence-electron chi connectivity index (χ4n) is 12.3. The zero-order chi connectivity index (χ0) is 28.9. The van der Waals surface area contributed by atoms with Gasteiger partial charge in [-0.2, -0.15) is 0 Å². The van der Waals surface area contributed by atoms with E-state index in [-0.39, 0.29) is 38.7 Å². The highest BCUT2D eigenvalue weighted by atomic mass is 19.1. The minimum atomic E-state index is -1.22. The molecule has 4 fully saturated rings. The summed E-state index contributed by atoms with van der Waals surface area (Å²) < 4.78 is 15.2. The van der Waals surface area contributed by atoms with E-state index in [1.54, 1.807) is 0 Å². The van der Waals surface area contributed by atoms with Crippen LogP contribution in [0.1, 0.15) is 115 Å². The smallest absolute Gasteiger partial charge is 0.338 e. The van der Waals surface area contributed by atoms with Crippen molar-refractivity contribution in [2.75, 3.05) is 0 Å². The maximum atomic E-state index is 15.2. The highest BCUT2D eigenvalue weighted by Gasteiger charge is 2.71. The SMILES string of the molecule is CC=C[C@]1(c2ccc(C(=O)O)c(F)c2)CC[C@@]2(N)CC[C@]3(C)[C@H](CC[C@@H]4[C@@]5(C)CC=CC(C)(C)[C@H]5CC[C@]43C)[C@@H]21. The lowest BCUT2D eigenvalue weighted by molar-refractivity contribution is -0.219. The Morgan fingerprint density at radius 2 is 1.70 bits per heavy atom. The summed E-state index contributed by atoms with van der Waals surface area (Å²) in [6, 6.07) is 4.85. The van der Waals surface area contributed by atoms with Crippen molar-refractivity contribution in [3.05, 3.63) is 59.4 Å². The molecule has 0 spiro atoms. The fourth-order valence-corrected chi connectivity index (χ4v) is 12.3. The van der Waals surface area contributed by atoms with Gasteiger partial charge in [-0.05, 0) is 128 Å². The first-order valence-electron chi connectivity index (χ1n) is 15.8. The van der Waals surface area contributed by atoms with E-state index in [9.17, 15) is 9.90 Å². The summed E-state index contributed by atoms with van der Waals surface area (Å²) in [6.45, 7) is 14.8. The Bertz CT molecular complexity index is 1280. The highest BCUT2D eigenvalue weighted by molar-refractivity contribution is 5.88. The maximum absolute atomic E-state index is 15.2. The summed E-state index contributed by atoms with van der Waals surface area (Å²) in [6.07, 6.45) is 19.5. The molecule has 0 unspecified atom stereocenters. The summed E-state index contributed by atoms with van der Waals surface area (Å²) in [5.41, 5.74) is 8.34. The van der Waals surface area contributed by atoms with Crippen LogP contribution in [0.25, 0.3) is 0 Å². The van der Waals surface area contributed by atoms with Crippen molar-refractivity contribution in [3.8, 4) is 0 Å². The minimum absolute atomic E-state index is 0.152. The predicted molar refractivity (Wildman–Crippen MR) is 160 cm³/mol. The molecule has 0 saturated heterocycles. The minimum Gasteiger partial charge on any atom is -0.478 e. The van der Waals surface area contributed by atoms with Crippen LogP contribution in [0, 0.1) is 51.1 Å². The summed E-state index contributed by atoms with van der Waals surface area (Å²) in [7, 11) is 0. The molecule has 5 aliphatic carbocycles. The van der Waals surface area contributed by atoms with Crippen LogP contribution >= 0.6 is 0 Å². The molecule has 4 heteroatoms. The van der Waals surface area contributed by atoms with Crippen molar-refractivity contribution in [1.82, 2.24) is 0 Å². The number of benzene rings is 1. The van der Waals surface area contributed by atoms with Gasteiger partial charge in [0.2, 0.25) is 0 Å². The predicted octanol–water partition coefficient (Wildman–Crippen LogP) is 8.68. The summed E-state index contributed by atoms with van der Waals surface area (Å²) in [5.74, 6) is 0.183. The van der Waals surface area contributed by atoms with Gasteiger partial charge in [0.1, 0.15) is 5.82 Å². The van der Waals surface area contributed by atoms with Crippen molar-refractivity contribution < 1.29 is 14.3 Å². The van der Waals surface area contributed by atoms with Crippen LogP contribution in [-0.4, -0.2) is 16.6 Å². The lowest BCUT2D eigenvalue weighted by Crippen LogP contribution is -2.68. The van der Waals surface area contributed by atoms with Gasteiger partial charge in [0.25, 0.3) is 0 Å². The average molecular weight is 548 g/mol. The molecule has 218 valence electrons. The second-order valence-corrected chi connectivity index (χ2v) is 15.8. The van der Waals surface area contributed by atoms with Crippen molar-refractivity contribution in [2.24, 2.45) is 51.1 Å². The summed E-state index contributed by atoms with van der Waals surface area (Å²) >= 11 is 0. The van der Waals surface area contributed by atoms with Crippen LogP contribution in [0.15, 0.2) is 42.5 Å². The molecular weight excluding hydrogens is 497 g/mol. The second-order valence-electron chi connectivity index (χ2n) is 15.8. The second kappa shape index (κ2) is 8.79. The van der Waals surface area contributed by atoms with Crippen LogP contribution in [0.5, 0.6) is 0 Å². The van der Waals surface area contributed by atoms with Gasteiger partial charge in [-0.15, -0.1) is 0 Å². The lowest BCUT2D eigenvalue weighted by atomic mass is 9.33. The third kappa shape index (κ3) is 3.47. The number of aromatic carboxylic acids is 1. The lowest BCUT2D eigenvalue weighted by Gasteiger charge is -2.72. The first kappa shape index (κ1) is 28.2. The van der Waals surface area contributed by atoms with E-state index >= 15 is 4.39 Å². The van der Waals surface area contributed by atoms with Crippen LogP contribution in [0.4, 0.5) is 4.39 Å². The molecule has 5 aliphatic rings. The highest BCUT2D eigenvalue weighted by Crippen LogP contribution is 2.76. The van der Waals surface area contributed by atoms with Crippen LogP contribution in [0.3, 0.4) is 0 Å². The molecule has 0 aliphatic heterocycles. The number of carboxylic acid groups (broad SMARTS) is 1. The molecule has 9 atom stereocenters. The number of halogens is 1. The van der Waals surface area contributed by atoms with Crippen molar-refractivity contribution >= 4 is 5.97 Å². The summed E-state index contributed by atoms with van der Waals surface area (Å²) in [5, 5.41) is 9.50. The van der Waals surface area contributed by atoms with Gasteiger partial charge in [0.05, 0.1) is 5.56 Å². The molecule has 0 amide bonds. The Morgan fingerprint density at radius 3 is 2.38 bits per heavy atom. The first-order valence-corrected chi connectivity index (χ1v) is 15.8. The fraction of sp³-hybridized carbons (Fsp3) is 0.694. The maximum Gasteiger partial charge on any atom is 0.338 e. The number of hydrogen-bond donors (Lipinski definition) is 2. The zero-order valence-electron chi connectivity index (χ0n) is 25.5. The Labute approximate surface area is 240 Å². The number of nitrogens with two attached hydrogens (primary N) is 1. The van der Waals surface area contributed by atoms with Crippen LogP contribution in [-0.2, 0) is 5.41 Å². The van der Waals surface area contributed by atoms with E-state index in [1.165, 1.54) is 44.2 Å². The monoisotopic (exact) mass is 547 g/mol. The third-order valence-corrected chi connectivity index (χ3v) is 14.1. The molecular formula is C36H50FNO2. The van der Waals surface area contributed by atoms with E-state index in [0.717, 1.165) is 31.2 Å². The molecule has 0 radical (unpaired) electrons. The van der Waals surface area contributed by atoms with Gasteiger partial charge >= 0.3 is 5.97 Å². The van der Waals surface area contributed by atoms with E-state index < -0.39 is 11.8 Å². The van der Waals surface area contributed by atoms with Gasteiger partial charge in [-0.1, -0.05) is 65.0 Å². The largest absolute Gasteiger partial charge is 0.478 e. The van der Waals surface area contributed by atoms with Gasteiger partial charge < -0.3 is 10.8 Å². The van der Waals surface area contributed by atoms with Crippen molar-refractivity contribution in [3.63, 3.8) is 0 Å². The number of fused-ring (bicyclic) bond motifs is 7.